The maximum absolute atomic E-state index is 12.5. The topological polar surface area (TPSA) is 90.9 Å². The third kappa shape index (κ3) is 5.45. The van der Waals surface area contributed by atoms with E-state index < -0.39 is 22.0 Å². The Labute approximate surface area is 159 Å². The fourth-order valence-electron chi connectivity index (χ4n) is 2.63. The minimum Gasteiger partial charge on any atom is -0.497 e. The fourth-order valence-corrected chi connectivity index (χ4v) is 4.01. The Bertz CT molecular complexity index is 893. The van der Waals surface area contributed by atoms with Gasteiger partial charge in [0.25, 0.3) is 0 Å². The smallest absolute Gasteiger partial charge is 0.337 e. The lowest BCUT2D eigenvalue weighted by molar-refractivity contribution is 0.0600. The zero-order valence-electron chi connectivity index (χ0n) is 15.7. The van der Waals surface area contributed by atoms with Crippen molar-refractivity contribution in [1.29, 1.82) is 0 Å². The second-order valence-corrected chi connectivity index (χ2v) is 7.65. The number of sulfonamides is 1. The zero-order valence-corrected chi connectivity index (χ0v) is 16.5. The normalized spacial score (nSPS) is 12.3. The molecule has 8 heteroatoms. The summed E-state index contributed by atoms with van der Waals surface area (Å²) >= 11 is 0. The van der Waals surface area contributed by atoms with Crippen molar-refractivity contribution in [3.05, 3.63) is 59.2 Å². The number of hydrogen-bond acceptors (Lipinski definition) is 6. The van der Waals surface area contributed by atoms with E-state index in [9.17, 15) is 13.2 Å². The second-order valence-electron chi connectivity index (χ2n) is 5.90. The van der Waals surface area contributed by atoms with Gasteiger partial charge >= 0.3 is 5.97 Å². The summed E-state index contributed by atoms with van der Waals surface area (Å²) in [6.07, 6.45) is 0. The number of methoxy groups -OCH3 is 3. The maximum Gasteiger partial charge on any atom is 0.337 e. The first-order chi connectivity index (χ1) is 12.8. The van der Waals surface area contributed by atoms with E-state index in [1.54, 1.807) is 44.4 Å². The van der Waals surface area contributed by atoms with Crippen LogP contribution in [0.5, 0.6) is 11.5 Å². The van der Waals surface area contributed by atoms with E-state index in [-0.39, 0.29) is 5.75 Å². The van der Waals surface area contributed by atoms with Gasteiger partial charge < -0.3 is 14.2 Å². The number of ether oxygens (including phenoxy) is 3. The van der Waals surface area contributed by atoms with Gasteiger partial charge in [-0.25, -0.2) is 17.9 Å². The van der Waals surface area contributed by atoms with Crippen LogP contribution in [0.2, 0.25) is 0 Å². The summed E-state index contributed by atoms with van der Waals surface area (Å²) in [5.41, 5.74) is 1.59. The van der Waals surface area contributed by atoms with Crippen molar-refractivity contribution >= 4 is 16.0 Å². The standard InChI is InChI=1S/C19H23NO6S/c1-13(17-11-16(24-2)9-10-18(17)25-3)20-27(22,23)12-14-5-7-15(8-6-14)19(21)26-4/h5-11,13,20H,12H2,1-4H3/t13-/m0/s1. The molecule has 0 saturated heterocycles. The molecule has 0 aliphatic rings. The molecule has 0 aliphatic carbocycles. The molecule has 0 aliphatic heterocycles. The number of benzene rings is 2. The van der Waals surface area contributed by atoms with Crippen LogP contribution in [-0.4, -0.2) is 35.7 Å². The molecule has 0 amide bonds. The summed E-state index contributed by atoms with van der Waals surface area (Å²) in [6.45, 7) is 1.73. The van der Waals surface area contributed by atoms with Crippen molar-refractivity contribution < 1.29 is 27.4 Å². The lowest BCUT2D eigenvalue weighted by Crippen LogP contribution is -2.28. The summed E-state index contributed by atoms with van der Waals surface area (Å²) < 4.78 is 42.9. The Hall–Kier alpha value is -2.58. The van der Waals surface area contributed by atoms with Gasteiger partial charge in [-0.15, -0.1) is 0 Å². The lowest BCUT2D eigenvalue weighted by atomic mass is 10.1. The highest BCUT2D eigenvalue weighted by Gasteiger charge is 2.20. The third-order valence-corrected chi connectivity index (χ3v) is 5.42. The lowest BCUT2D eigenvalue weighted by Gasteiger charge is -2.18. The van der Waals surface area contributed by atoms with Crippen LogP contribution in [0.25, 0.3) is 0 Å². The molecule has 7 nitrogen and oxygen atoms in total. The first-order valence-electron chi connectivity index (χ1n) is 8.19. The molecule has 0 unspecified atom stereocenters. The van der Waals surface area contributed by atoms with E-state index in [1.165, 1.54) is 26.4 Å². The van der Waals surface area contributed by atoms with Crippen molar-refractivity contribution in [2.75, 3.05) is 21.3 Å². The van der Waals surface area contributed by atoms with Crippen molar-refractivity contribution in [2.45, 2.75) is 18.7 Å². The second kappa shape index (κ2) is 8.88. The predicted octanol–water partition coefficient (Wildman–Crippen LogP) is 2.67. The van der Waals surface area contributed by atoms with E-state index in [0.29, 0.717) is 28.2 Å². The molecular formula is C19H23NO6S. The number of nitrogens with one attached hydrogen (secondary N) is 1. The van der Waals surface area contributed by atoms with E-state index in [2.05, 4.69) is 9.46 Å². The van der Waals surface area contributed by atoms with Crippen molar-refractivity contribution in [1.82, 2.24) is 4.72 Å². The van der Waals surface area contributed by atoms with E-state index in [4.69, 9.17) is 9.47 Å². The summed E-state index contributed by atoms with van der Waals surface area (Å²) in [5, 5.41) is 0. The van der Waals surface area contributed by atoms with Crippen LogP contribution in [0.15, 0.2) is 42.5 Å². The van der Waals surface area contributed by atoms with Crippen LogP contribution in [0.1, 0.15) is 34.5 Å². The van der Waals surface area contributed by atoms with Gasteiger partial charge in [0.1, 0.15) is 11.5 Å². The molecule has 1 N–H and O–H groups in total. The third-order valence-electron chi connectivity index (χ3n) is 3.99. The summed E-state index contributed by atoms with van der Waals surface area (Å²) in [6, 6.07) is 10.9. The van der Waals surface area contributed by atoms with Gasteiger partial charge in [0, 0.05) is 11.6 Å². The van der Waals surface area contributed by atoms with Gasteiger partial charge in [-0.1, -0.05) is 12.1 Å². The molecule has 2 aromatic carbocycles. The number of esters is 1. The predicted molar refractivity (Wildman–Crippen MR) is 102 cm³/mol. The Morgan fingerprint density at radius 3 is 2.26 bits per heavy atom. The van der Waals surface area contributed by atoms with Crippen LogP contribution >= 0.6 is 0 Å². The first kappa shape index (κ1) is 20.7. The molecule has 0 spiro atoms. The summed E-state index contributed by atoms with van der Waals surface area (Å²) in [4.78, 5) is 11.5. The van der Waals surface area contributed by atoms with Crippen LogP contribution in [-0.2, 0) is 20.5 Å². The van der Waals surface area contributed by atoms with Crippen LogP contribution in [0.3, 0.4) is 0 Å². The van der Waals surface area contributed by atoms with Crippen molar-refractivity contribution in [2.24, 2.45) is 0 Å². The summed E-state index contributed by atoms with van der Waals surface area (Å²) in [5.74, 6) is 0.482. The molecule has 146 valence electrons. The molecule has 0 aromatic heterocycles. The highest BCUT2D eigenvalue weighted by atomic mass is 32.2. The summed E-state index contributed by atoms with van der Waals surface area (Å²) in [7, 11) is 0.726. The van der Waals surface area contributed by atoms with Crippen LogP contribution < -0.4 is 14.2 Å². The van der Waals surface area contributed by atoms with Crippen LogP contribution in [0, 0.1) is 0 Å². The minimum absolute atomic E-state index is 0.217. The number of hydrogen-bond donors (Lipinski definition) is 1. The number of carbonyl (C=O) groups is 1. The molecule has 0 saturated carbocycles. The van der Waals surface area contributed by atoms with Crippen molar-refractivity contribution in [3.8, 4) is 11.5 Å². The number of rotatable bonds is 8. The SMILES string of the molecule is COC(=O)c1ccc(CS(=O)(=O)N[C@@H](C)c2cc(OC)ccc2OC)cc1. The van der Waals surface area contributed by atoms with E-state index >= 15 is 0 Å². The highest BCUT2D eigenvalue weighted by molar-refractivity contribution is 7.88. The molecule has 0 bridgehead atoms. The average Bonchev–Trinajstić information content (AvgIpc) is 2.66. The van der Waals surface area contributed by atoms with Gasteiger partial charge in [0.15, 0.2) is 0 Å². The van der Waals surface area contributed by atoms with Gasteiger partial charge in [0.2, 0.25) is 10.0 Å². The Morgan fingerprint density at radius 2 is 1.70 bits per heavy atom. The molecule has 0 heterocycles. The molecule has 27 heavy (non-hydrogen) atoms. The molecule has 0 radical (unpaired) electrons. The molecule has 2 aromatic rings. The fraction of sp³-hybridized carbons (Fsp3) is 0.316. The Balaban J connectivity index is 2.15. The molecule has 0 fully saturated rings. The Morgan fingerprint density at radius 1 is 1.04 bits per heavy atom. The quantitative estimate of drug-likeness (QED) is 0.694. The van der Waals surface area contributed by atoms with Crippen molar-refractivity contribution in [3.63, 3.8) is 0 Å². The maximum atomic E-state index is 12.5. The van der Waals surface area contributed by atoms with Gasteiger partial charge in [-0.2, -0.15) is 0 Å². The monoisotopic (exact) mass is 393 g/mol. The molecule has 2 rings (SSSR count). The minimum atomic E-state index is -3.63. The largest absolute Gasteiger partial charge is 0.497 e. The van der Waals surface area contributed by atoms with Gasteiger partial charge in [-0.05, 0) is 42.8 Å². The number of carbonyl (C=O) groups excluding carboxylic acids is 1. The zero-order chi connectivity index (χ0) is 20.0. The van der Waals surface area contributed by atoms with Gasteiger partial charge in [0.05, 0.1) is 32.6 Å². The first-order valence-corrected chi connectivity index (χ1v) is 9.84. The van der Waals surface area contributed by atoms with Crippen LogP contribution in [0.4, 0.5) is 0 Å². The van der Waals surface area contributed by atoms with E-state index in [1.807, 2.05) is 0 Å². The van der Waals surface area contributed by atoms with E-state index in [0.717, 1.165) is 0 Å². The molecule has 1 atom stereocenters. The average molecular weight is 393 g/mol. The van der Waals surface area contributed by atoms with Gasteiger partial charge in [-0.3, -0.25) is 0 Å². The Kier molecular flexibility index (Phi) is 6.81. The molecular weight excluding hydrogens is 370 g/mol. The highest BCUT2D eigenvalue weighted by Crippen LogP contribution is 2.29.